The lowest BCUT2D eigenvalue weighted by Crippen LogP contribution is -2.50. The van der Waals surface area contributed by atoms with Gasteiger partial charge in [-0.1, -0.05) is 6.92 Å². The second-order valence-corrected chi connectivity index (χ2v) is 5.51. The Hall–Kier alpha value is -1.42. The van der Waals surface area contributed by atoms with Gasteiger partial charge in [0.25, 0.3) is 0 Å². The molecule has 0 bridgehead atoms. The Kier molecular flexibility index (Phi) is 5.96. The summed E-state index contributed by atoms with van der Waals surface area (Å²) in [4.78, 5) is 16.0. The Morgan fingerprint density at radius 2 is 2.00 bits per heavy atom. The molecule has 0 aliphatic rings. The number of amides is 1. The molecular weight excluding hydrogens is 238 g/mol. The number of hydrogen-bond donors (Lipinski definition) is 2. The van der Waals surface area contributed by atoms with Crippen LogP contribution in [0.2, 0.25) is 0 Å². The molecule has 1 rings (SSSR count). The summed E-state index contributed by atoms with van der Waals surface area (Å²) in [5.41, 5.74) is 1.09. The van der Waals surface area contributed by atoms with Gasteiger partial charge in [0.1, 0.15) is 0 Å². The smallest absolute Gasteiger partial charge is 0.237 e. The molecule has 0 radical (unpaired) electrons. The van der Waals surface area contributed by atoms with E-state index >= 15 is 0 Å². The van der Waals surface area contributed by atoms with E-state index in [-0.39, 0.29) is 17.5 Å². The average Bonchev–Trinajstić information content (AvgIpc) is 2.39. The third-order valence-electron chi connectivity index (χ3n) is 3.35. The van der Waals surface area contributed by atoms with Gasteiger partial charge >= 0.3 is 0 Å². The van der Waals surface area contributed by atoms with Crippen LogP contribution >= 0.6 is 0 Å². The van der Waals surface area contributed by atoms with E-state index in [0.717, 1.165) is 19.4 Å². The summed E-state index contributed by atoms with van der Waals surface area (Å²) in [7, 11) is 0. The van der Waals surface area contributed by atoms with Gasteiger partial charge in [-0.2, -0.15) is 0 Å². The van der Waals surface area contributed by atoms with Crippen molar-refractivity contribution in [2.45, 2.75) is 52.1 Å². The van der Waals surface area contributed by atoms with Crippen LogP contribution in [0.3, 0.4) is 0 Å². The minimum Gasteiger partial charge on any atom is -0.350 e. The molecule has 0 fully saturated rings. The van der Waals surface area contributed by atoms with Crippen LogP contribution in [0.5, 0.6) is 0 Å². The van der Waals surface area contributed by atoms with E-state index in [9.17, 15) is 4.79 Å². The van der Waals surface area contributed by atoms with Gasteiger partial charge in [-0.3, -0.25) is 9.78 Å². The lowest BCUT2D eigenvalue weighted by atomic mass is 10.0. The zero-order valence-electron chi connectivity index (χ0n) is 12.4. The first-order valence-electron chi connectivity index (χ1n) is 6.89. The van der Waals surface area contributed by atoms with Crippen LogP contribution in [-0.2, 0) is 11.2 Å². The monoisotopic (exact) mass is 263 g/mol. The van der Waals surface area contributed by atoms with E-state index in [1.807, 2.05) is 32.9 Å². The van der Waals surface area contributed by atoms with E-state index < -0.39 is 0 Å². The minimum atomic E-state index is -0.173. The predicted molar refractivity (Wildman–Crippen MR) is 77.9 cm³/mol. The molecule has 0 saturated heterocycles. The molecule has 0 saturated carbocycles. The second kappa shape index (κ2) is 7.24. The lowest BCUT2D eigenvalue weighted by molar-refractivity contribution is -0.124. The molecule has 19 heavy (non-hydrogen) atoms. The van der Waals surface area contributed by atoms with Crippen molar-refractivity contribution in [2.75, 3.05) is 6.54 Å². The van der Waals surface area contributed by atoms with Crippen LogP contribution in [0.1, 0.15) is 39.7 Å². The molecule has 4 heteroatoms. The lowest BCUT2D eigenvalue weighted by Gasteiger charge is -2.26. The summed E-state index contributed by atoms with van der Waals surface area (Å²) in [5.74, 6) is 0.0570. The maximum absolute atomic E-state index is 12.0. The largest absolute Gasteiger partial charge is 0.350 e. The van der Waals surface area contributed by atoms with Crippen LogP contribution in [0.25, 0.3) is 0 Å². The molecule has 1 heterocycles. The fourth-order valence-electron chi connectivity index (χ4n) is 1.61. The van der Waals surface area contributed by atoms with E-state index in [4.69, 9.17) is 0 Å². The van der Waals surface area contributed by atoms with Crippen molar-refractivity contribution in [3.8, 4) is 0 Å². The van der Waals surface area contributed by atoms with Crippen molar-refractivity contribution in [3.05, 3.63) is 30.1 Å². The van der Waals surface area contributed by atoms with Gasteiger partial charge in [0.15, 0.2) is 0 Å². The Bertz CT molecular complexity index is 390. The van der Waals surface area contributed by atoms with Gasteiger partial charge in [0, 0.05) is 17.9 Å². The zero-order chi connectivity index (χ0) is 14.3. The highest BCUT2D eigenvalue weighted by atomic mass is 16.2. The van der Waals surface area contributed by atoms with Gasteiger partial charge in [0.2, 0.25) is 5.91 Å². The quantitative estimate of drug-likeness (QED) is 0.790. The fourth-order valence-corrected chi connectivity index (χ4v) is 1.61. The molecule has 1 aromatic heterocycles. The van der Waals surface area contributed by atoms with Crippen molar-refractivity contribution in [1.82, 2.24) is 15.6 Å². The SMILES string of the molecule is CCC(C)(C)NC(=O)C(C)NCCc1ccncc1. The molecule has 0 aliphatic carbocycles. The maximum Gasteiger partial charge on any atom is 0.237 e. The van der Waals surface area contributed by atoms with Gasteiger partial charge in [-0.15, -0.1) is 0 Å². The van der Waals surface area contributed by atoms with Crippen LogP contribution in [0.4, 0.5) is 0 Å². The number of rotatable bonds is 7. The van der Waals surface area contributed by atoms with E-state index in [0.29, 0.717) is 0 Å². The first-order valence-corrected chi connectivity index (χ1v) is 6.89. The molecule has 4 nitrogen and oxygen atoms in total. The van der Waals surface area contributed by atoms with Crippen molar-refractivity contribution in [2.24, 2.45) is 0 Å². The molecule has 106 valence electrons. The molecule has 2 N–H and O–H groups in total. The van der Waals surface area contributed by atoms with Crippen LogP contribution in [-0.4, -0.2) is 29.0 Å². The Morgan fingerprint density at radius 3 is 2.58 bits per heavy atom. The zero-order valence-corrected chi connectivity index (χ0v) is 12.4. The van der Waals surface area contributed by atoms with E-state index in [1.54, 1.807) is 12.4 Å². The Balaban J connectivity index is 2.31. The van der Waals surface area contributed by atoms with Gasteiger partial charge in [0.05, 0.1) is 6.04 Å². The number of nitrogens with one attached hydrogen (secondary N) is 2. The highest BCUT2D eigenvalue weighted by Crippen LogP contribution is 2.07. The minimum absolute atomic E-state index is 0.0570. The average molecular weight is 263 g/mol. The van der Waals surface area contributed by atoms with Crippen LogP contribution in [0, 0.1) is 0 Å². The number of carbonyl (C=O) groups is 1. The molecule has 1 atom stereocenters. The molecule has 0 aliphatic heterocycles. The number of aromatic nitrogens is 1. The first-order chi connectivity index (χ1) is 8.94. The van der Waals surface area contributed by atoms with Crippen molar-refractivity contribution in [3.63, 3.8) is 0 Å². The van der Waals surface area contributed by atoms with Crippen LogP contribution in [0.15, 0.2) is 24.5 Å². The molecule has 1 aromatic rings. The summed E-state index contributed by atoms with van der Waals surface area (Å²) in [5, 5.41) is 6.29. The summed E-state index contributed by atoms with van der Waals surface area (Å²) in [6, 6.07) is 3.81. The number of carbonyl (C=O) groups excluding carboxylic acids is 1. The summed E-state index contributed by atoms with van der Waals surface area (Å²) >= 11 is 0. The molecular formula is C15H25N3O. The fraction of sp³-hybridized carbons (Fsp3) is 0.600. The second-order valence-electron chi connectivity index (χ2n) is 5.51. The summed E-state index contributed by atoms with van der Waals surface area (Å²) < 4.78 is 0. The van der Waals surface area contributed by atoms with Gasteiger partial charge < -0.3 is 10.6 Å². The molecule has 1 unspecified atom stereocenters. The van der Waals surface area contributed by atoms with E-state index in [1.165, 1.54) is 5.56 Å². The van der Waals surface area contributed by atoms with E-state index in [2.05, 4.69) is 22.5 Å². The number of hydrogen-bond acceptors (Lipinski definition) is 3. The topological polar surface area (TPSA) is 54.0 Å². The third kappa shape index (κ3) is 5.83. The predicted octanol–water partition coefficient (Wildman–Crippen LogP) is 1.91. The van der Waals surface area contributed by atoms with Crippen molar-refractivity contribution in [1.29, 1.82) is 0 Å². The summed E-state index contributed by atoms with van der Waals surface area (Å²) in [6.07, 6.45) is 5.39. The standard InChI is InChI=1S/C15H25N3O/c1-5-15(3,4)18-14(19)12(2)17-11-8-13-6-9-16-10-7-13/h6-7,9-10,12,17H,5,8,11H2,1-4H3,(H,18,19). The van der Waals surface area contributed by atoms with Gasteiger partial charge in [-0.25, -0.2) is 0 Å². The molecule has 1 amide bonds. The normalized spacial score (nSPS) is 13.1. The van der Waals surface area contributed by atoms with Gasteiger partial charge in [-0.05, 0) is 57.9 Å². The highest BCUT2D eigenvalue weighted by molar-refractivity contribution is 5.81. The maximum atomic E-state index is 12.0. The van der Waals surface area contributed by atoms with Crippen molar-refractivity contribution >= 4 is 5.91 Å². The summed E-state index contributed by atoms with van der Waals surface area (Å²) in [6.45, 7) is 8.82. The van der Waals surface area contributed by atoms with Crippen LogP contribution < -0.4 is 10.6 Å². The van der Waals surface area contributed by atoms with Crippen molar-refractivity contribution < 1.29 is 4.79 Å². The Labute approximate surface area is 116 Å². The molecule has 0 aromatic carbocycles. The number of nitrogens with zero attached hydrogens (tertiary/aromatic N) is 1. The third-order valence-corrected chi connectivity index (χ3v) is 3.35. The number of pyridine rings is 1. The Morgan fingerprint density at radius 1 is 1.37 bits per heavy atom. The highest BCUT2D eigenvalue weighted by Gasteiger charge is 2.21. The first kappa shape index (κ1) is 15.6. The molecule has 0 spiro atoms.